The number of thiazole rings is 1. The molecule has 1 aliphatic rings. The predicted octanol–water partition coefficient (Wildman–Crippen LogP) is 5.44. The molecular formula is C27H22N2O5S. The molecule has 0 bridgehead atoms. The molecule has 35 heavy (non-hydrogen) atoms. The number of rotatable bonds is 6. The minimum absolute atomic E-state index is 0.0962. The van der Waals surface area contributed by atoms with Gasteiger partial charge in [0, 0.05) is 0 Å². The van der Waals surface area contributed by atoms with Crippen LogP contribution in [0.2, 0.25) is 0 Å². The molecule has 8 heteroatoms. The lowest BCUT2D eigenvalue weighted by atomic mass is 9.96. The molecule has 3 aromatic carbocycles. The number of fused-ring (bicyclic) bond motifs is 1. The molecule has 1 aromatic heterocycles. The lowest BCUT2D eigenvalue weighted by Gasteiger charge is -2.24. The number of anilines is 1. The van der Waals surface area contributed by atoms with Crippen molar-refractivity contribution in [1.29, 1.82) is 0 Å². The fraction of sp³-hybridized carbons (Fsp3) is 0.148. The van der Waals surface area contributed by atoms with E-state index < -0.39 is 23.7 Å². The summed E-state index contributed by atoms with van der Waals surface area (Å²) >= 11 is 1.28. The Morgan fingerprint density at radius 2 is 1.77 bits per heavy atom. The van der Waals surface area contributed by atoms with Gasteiger partial charge in [-0.2, -0.15) is 0 Å². The molecule has 1 N–H and O–H groups in total. The highest BCUT2D eigenvalue weighted by molar-refractivity contribution is 7.22. The summed E-state index contributed by atoms with van der Waals surface area (Å²) < 4.78 is 11.3. The molecule has 176 valence electrons. The highest BCUT2D eigenvalue weighted by Gasteiger charge is 2.46. The predicted molar refractivity (Wildman–Crippen MR) is 135 cm³/mol. The molecule has 0 radical (unpaired) electrons. The summed E-state index contributed by atoms with van der Waals surface area (Å²) in [4.78, 5) is 32.1. The SMILES string of the molecule is CCOC(=O)C1=C(O)C(=O)N(c2nc3ccc(OC)cc3s2)C1c1ccc(-c2ccccc2)cc1. The highest BCUT2D eigenvalue weighted by atomic mass is 32.1. The van der Waals surface area contributed by atoms with E-state index in [0.29, 0.717) is 22.0 Å². The molecule has 0 fully saturated rings. The van der Waals surface area contributed by atoms with Crippen LogP contribution in [0.4, 0.5) is 5.13 Å². The number of aromatic nitrogens is 1. The van der Waals surface area contributed by atoms with Gasteiger partial charge in [-0.3, -0.25) is 9.69 Å². The Bertz CT molecular complexity index is 1440. The largest absolute Gasteiger partial charge is 0.503 e. The number of carbonyl (C=O) groups excluding carboxylic acids is 2. The maximum atomic E-state index is 13.2. The first-order valence-corrected chi connectivity index (χ1v) is 11.9. The van der Waals surface area contributed by atoms with E-state index in [-0.39, 0.29) is 12.2 Å². The third-order valence-electron chi connectivity index (χ3n) is 5.83. The molecule has 0 aliphatic carbocycles. The Morgan fingerprint density at radius 3 is 2.46 bits per heavy atom. The molecule has 4 aromatic rings. The first kappa shape index (κ1) is 22.6. The summed E-state index contributed by atoms with van der Waals surface area (Å²) in [5.41, 5.74) is 3.27. The van der Waals surface area contributed by atoms with Crippen LogP contribution in [0.5, 0.6) is 5.75 Å². The van der Waals surface area contributed by atoms with E-state index in [4.69, 9.17) is 9.47 Å². The first-order chi connectivity index (χ1) is 17.0. The zero-order chi connectivity index (χ0) is 24.5. The van der Waals surface area contributed by atoms with Gasteiger partial charge in [-0.05, 0) is 41.8 Å². The van der Waals surface area contributed by atoms with Crippen LogP contribution < -0.4 is 9.64 Å². The van der Waals surface area contributed by atoms with Crippen molar-refractivity contribution in [3.8, 4) is 16.9 Å². The molecule has 0 saturated heterocycles. The summed E-state index contributed by atoms with van der Waals surface area (Å²) in [7, 11) is 1.58. The van der Waals surface area contributed by atoms with E-state index in [1.165, 1.54) is 16.2 Å². The lowest BCUT2D eigenvalue weighted by molar-refractivity contribution is -0.139. The zero-order valence-electron chi connectivity index (χ0n) is 19.1. The summed E-state index contributed by atoms with van der Waals surface area (Å²) in [5, 5.41) is 11.1. The fourth-order valence-electron chi connectivity index (χ4n) is 4.15. The van der Waals surface area contributed by atoms with Crippen molar-refractivity contribution in [2.24, 2.45) is 0 Å². The van der Waals surface area contributed by atoms with Crippen LogP contribution in [0.15, 0.2) is 84.1 Å². The molecule has 1 aliphatic heterocycles. The van der Waals surface area contributed by atoms with Gasteiger partial charge in [0.05, 0.1) is 23.9 Å². The second-order valence-corrected chi connectivity index (χ2v) is 8.89. The average Bonchev–Trinajstić information content (AvgIpc) is 3.42. The number of aliphatic hydroxyl groups excluding tert-OH is 1. The van der Waals surface area contributed by atoms with Crippen molar-refractivity contribution in [2.75, 3.05) is 18.6 Å². The quantitative estimate of drug-likeness (QED) is 0.365. The molecular weight excluding hydrogens is 464 g/mol. The van der Waals surface area contributed by atoms with Gasteiger partial charge in [0.1, 0.15) is 17.4 Å². The van der Waals surface area contributed by atoms with Gasteiger partial charge in [-0.1, -0.05) is 65.9 Å². The Labute approximate surface area is 205 Å². The van der Waals surface area contributed by atoms with Crippen LogP contribution in [0.1, 0.15) is 18.5 Å². The lowest BCUT2D eigenvalue weighted by Crippen LogP contribution is -2.31. The standard InChI is InChI=1S/C27H22N2O5S/c1-3-34-26(32)22-23(18-11-9-17(10-12-18)16-7-5-4-6-8-16)29(25(31)24(22)30)27-28-20-14-13-19(33-2)15-21(20)35-27/h4-15,23,30H,3H2,1-2H3. The Kier molecular flexibility index (Phi) is 5.96. The number of hydrogen-bond donors (Lipinski definition) is 1. The topological polar surface area (TPSA) is 89.0 Å². The van der Waals surface area contributed by atoms with Crippen molar-refractivity contribution in [3.05, 3.63) is 89.7 Å². The highest BCUT2D eigenvalue weighted by Crippen LogP contribution is 2.44. The van der Waals surface area contributed by atoms with Crippen LogP contribution in [-0.4, -0.2) is 35.7 Å². The second kappa shape index (κ2) is 9.23. The number of nitrogens with zero attached hydrogens (tertiary/aromatic N) is 2. The molecule has 5 rings (SSSR count). The summed E-state index contributed by atoms with van der Waals surface area (Å²) in [6, 6.07) is 22.0. The van der Waals surface area contributed by atoms with Gasteiger partial charge in [-0.15, -0.1) is 0 Å². The van der Waals surface area contributed by atoms with E-state index in [9.17, 15) is 14.7 Å². The van der Waals surface area contributed by atoms with E-state index >= 15 is 0 Å². The number of esters is 1. The molecule has 1 atom stereocenters. The summed E-state index contributed by atoms with van der Waals surface area (Å²) in [5.74, 6) is -1.39. The van der Waals surface area contributed by atoms with Gasteiger partial charge in [-0.25, -0.2) is 9.78 Å². The number of methoxy groups -OCH3 is 1. The molecule has 0 saturated carbocycles. The number of amides is 1. The van der Waals surface area contributed by atoms with Crippen molar-refractivity contribution in [2.45, 2.75) is 13.0 Å². The van der Waals surface area contributed by atoms with Gasteiger partial charge in [0.2, 0.25) is 0 Å². The van der Waals surface area contributed by atoms with E-state index in [1.54, 1.807) is 26.2 Å². The molecule has 2 heterocycles. The Morgan fingerprint density at radius 1 is 1.06 bits per heavy atom. The minimum atomic E-state index is -0.881. The van der Waals surface area contributed by atoms with Crippen molar-refractivity contribution < 1.29 is 24.2 Å². The maximum Gasteiger partial charge on any atom is 0.340 e. The van der Waals surface area contributed by atoms with Gasteiger partial charge in [0.25, 0.3) is 5.91 Å². The van der Waals surface area contributed by atoms with Gasteiger partial charge < -0.3 is 14.6 Å². The second-order valence-electron chi connectivity index (χ2n) is 7.88. The summed E-state index contributed by atoms with van der Waals surface area (Å²) in [6.45, 7) is 1.79. The normalized spacial score (nSPS) is 15.7. The van der Waals surface area contributed by atoms with E-state index in [0.717, 1.165) is 15.8 Å². The third kappa shape index (κ3) is 4.02. The van der Waals surface area contributed by atoms with Crippen LogP contribution in [0, 0.1) is 0 Å². The summed E-state index contributed by atoms with van der Waals surface area (Å²) in [6.07, 6.45) is 0. The Balaban J connectivity index is 1.61. The third-order valence-corrected chi connectivity index (χ3v) is 6.84. The molecule has 7 nitrogen and oxygen atoms in total. The number of ether oxygens (including phenoxy) is 2. The smallest absolute Gasteiger partial charge is 0.340 e. The Hall–Kier alpha value is -4.17. The van der Waals surface area contributed by atoms with Crippen molar-refractivity contribution >= 4 is 38.6 Å². The van der Waals surface area contributed by atoms with Gasteiger partial charge >= 0.3 is 5.97 Å². The number of carbonyl (C=O) groups is 2. The molecule has 1 amide bonds. The van der Waals surface area contributed by atoms with Crippen LogP contribution in [0.3, 0.4) is 0 Å². The molecule has 0 spiro atoms. The van der Waals surface area contributed by atoms with Gasteiger partial charge in [0.15, 0.2) is 10.9 Å². The van der Waals surface area contributed by atoms with E-state index in [2.05, 4.69) is 4.98 Å². The molecule has 1 unspecified atom stereocenters. The number of aliphatic hydroxyl groups is 1. The number of benzene rings is 3. The monoisotopic (exact) mass is 486 g/mol. The van der Waals surface area contributed by atoms with Crippen LogP contribution in [-0.2, 0) is 14.3 Å². The van der Waals surface area contributed by atoms with Crippen molar-refractivity contribution in [1.82, 2.24) is 4.98 Å². The van der Waals surface area contributed by atoms with E-state index in [1.807, 2.05) is 60.7 Å². The average molecular weight is 487 g/mol. The van der Waals surface area contributed by atoms with Crippen molar-refractivity contribution in [3.63, 3.8) is 0 Å². The van der Waals surface area contributed by atoms with Crippen LogP contribution in [0.25, 0.3) is 21.3 Å². The zero-order valence-corrected chi connectivity index (χ0v) is 19.9. The number of hydrogen-bond acceptors (Lipinski definition) is 7. The fourth-order valence-corrected chi connectivity index (χ4v) is 5.17. The van der Waals surface area contributed by atoms with Crippen LogP contribution >= 0.6 is 11.3 Å². The minimum Gasteiger partial charge on any atom is -0.503 e. The maximum absolute atomic E-state index is 13.2. The first-order valence-electron chi connectivity index (χ1n) is 11.1.